The molecule has 3 amide bonds. The summed E-state index contributed by atoms with van der Waals surface area (Å²) in [5, 5.41) is 3.10. The van der Waals surface area contributed by atoms with Gasteiger partial charge in [-0.05, 0) is 37.3 Å². The minimum atomic E-state index is -0.0375. The molecule has 5 nitrogen and oxygen atoms in total. The molecule has 3 rings (SSSR count). The van der Waals surface area contributed by atoms with Gasteiger partial charge in [-0.15, -0.1) is 0 Å². The highest BCUT2D eigenvalue weighted by atomic mass is 16.2. The number of anilines is 1. The van der Waals surface area contributed by atoms with Crippen LogP contribution in [-0.2, 0) is 11.3 Å². The molecule has 0 bridgehead atoms. The number of carbonyl (C=O) groups is 2. The molecular weight excluding hydrogens is 338 g/mol. The third-order valence-corrected chi connectivity index (χ3v) is 6.00. The van der Waals surface area contributed by atoms with Gasteiger partial charge in [0.15, 0.2) is 0 Å². The fraction of sp³-hybridized carbons (Fsp3) is 0.545. The number of rotatable bonds is 5. The van der Waals surface area contributed by atoms with Crippen LogP contribution in [0, 0.1) is 11.3 Å². The smallest absolute Gasteiger partial charge is 0.322 e. The zero-order valence-corrected chi connectivity index (χ0v) is 16.9. The molecule has 1 aromatic rings. The topological polar surface area (TPSA) is 52.7 Å². The van der Waals surface area contributed by atoms with E-state index in [0.717, 1.165) is 30.6 Å². The van der Waals surface area contributed by atoms with Gasteiger partial charge in [-0.25, -0.2) is 4.79 Å². The SMILES string of the molecule is CCN(Cc1ccccc1NC(=O)N1CC2(CC=CC2)C1C(C)C)C(C)=O. The van der Waals surface area contributed by atoms with Crippen molar-refractivity contribution in [2.75, 3.05) is 18.4 Å². The number of likely N-dealkylation sites (tertiary alicyclic amines) is 1. The van der Waals surface area contributed by atoms with E-state index in [9.17, 15) is 9.59 Å². The van der Waals surface area contributed by atoms with Crippen molar-refractivity contribution in [1.82, 2.24) is 9.80 Å². The van der Waals surface area contributed by atoms with Crippen molar-refractivity contribution in [1.29, 1.82) is 0 Å². The predicted molar refractivity (Wildman–Crippen MR) is 108 cm³/mol. The standard InChI is InChI=1S/C22H31N3O2/c1-5-24(17(4)26)14-18-10-6-7-11-19(18)23-21(27)25-15-22(12-8-9-13-22)20(25)16(2)3/h6-11,16,20H,5,12-15H2,1-4H3,(H,23,27). The van der Waals surface area contributed by atoms with E-state index in [1.807, 2.05) is 36.1 Å². The molecule has 27 heavy (non-hydrogen) atoms. The van der Waals surface area contributed by atoms with E-state index < -0.39 is 0 Å². The molecule has 2 aliphatic rings. The first kappa shape index (κ1) is 19.5. The minimum Gasteiger partial charge on any atom is -0.339 e. The summed E-state index contributed by atoms with van der Waals surface area (Å²) in [4.78, 5) is 28.5. The van der Waals surface area contributed by atoms with Crippen LogP contribution in [0.1, 0.15) is 46.1 Å². The van der Waals surface area contributed by atoms with Crippen molar-refractivity contribution >= 4 is 17.6 Å². The van der Waals surface area contributed by atoms with E-state index in [-0.39, 0.29) is 23.4 Å². The summed E-state index contributed by atoms with van der Waals surface area (Å²) in [5.41, 5.74) is 1.98. The van der Waals surface area contributed by atoms with Gasteiger partial charge in [0.2, 0.25) is 5.91 Å². The quantitative estimate of drug-likeness (QED) is 0.788. The van der Waals surface area contributed by atoms with E-state index in [2.05, 4.69) is 31.3 Å². The second kappa shape index (κ2) is 7.75. The fourth-order valence-electron chi connectivity index (χ4n) is 4.72. The Labute approximate surface area is 162 Å². The maximum Gasteiger partial charge on any atom is 0.322 e. The third kappa shape index (κ3) is 3.73. The van der Waals surface area contributed by atoms with Crippen molar-refractivity contribution in [3.63, 3.8) is 0 Å². The van der Waals surface area contributed by atoms with Crippen LogP contribution in [0.3, 0.4) is 0 Å². The summed E-state index contributed by atoms with van der Waals surface area (Å²) >= 11 is 0. The Morgan fingerprint density at radius 3 is 2.52 bits per heavy atom. The summed E-state index contributed by atoms with van der Waals surface area (Å²) in [5.74, 6) is 0.463. The Kier molecular flexibility index (Phi) is 5.59. The number of hydrogen-bond acceptors (Lipinski definition) is 2. The second-order valence-corrected chi connectivity index (χ2v) is 8.18. The normalized spacial score (nSPS) is 20.0. The number of benzene rings is 1. The van der Waals surface area contributed by atoms with Gasteiger partial charge in [0.05, 0.1) is 0 Å². The summed E-state index contributed by atoms with van der Waals surface area (Å²) in [6.45, 7) is 9.90. The lowest BCUT2D eigenvalue weighted by Gasteiger charge is -2.58. The molecule has 1 saturated heterocycles. The molecule has 1 aromatic carbocycles. The van der Waals surface area contributed by atoms with Gasteiger partial charge in [0.25, 0.3) is 0 Å². The van der Waals surface area contributed by atoms with E-state index in [0.29, 0.717) is 19.0 Å². The van der Waals surface area contributed by atoms with Crippen molar-refractivity contribution in [2.24, 2.45) is 11.3 Å². The number of allylic oxidation sites excluding steroid dienone is 2. The zero-order chi connectivity index (χ0) is 19.6. The number of para-hydroxylation sites is 1. The lowest BCUT2D eigenvalue weighted by molar-refractivity contribution is -0.129. The predicted octanol–water partition coefficient (Wildman–Crippen LogP) is 4.26. The number of hydrogen-bond donors (Lipinski definition) is 1. The maximum atomic E-state index is 13.0. The third-order valence-electron chi connectivity index (χ3n) is 6.00. The molecule has 1 unspecified atom stereocenters. The molecule has 1 aliphatic carbocycles. The van der Waals surface area contributed by atoms with Gasteiger partial charge >= 0.3 is 6.03 Å². The van der Waals surface area contributed by atoms with Gasteiger partial charge < -0.3 is 15.1 Å². The highest BCUT2D eigenvalue weighted by Gasteiger charge is 2.55. The lowest BCUT2D eigenvalue weighted by atomic mass is 9.65. The summed E-state index contributed by atoms with van der Waals surface area (Å²) in [6, 6.07) is 7.98. The number of urea groups is 1. The van der Waals surface area contributed by atoms with Crippen molar-refractivity contribution in [3.05, 3.63) is 42.0 Å². The van der Waals surface area contributed by atoms with Crippen LogP contribution in [0.5, 0.6) is 0 Å². The fourth-order valence-corrected chi connectivity index (χ4v) is 4.72. The lowest BCUT2D eigenvalue weighted by Crippen LogP contribution is -2.68. The molecule has 1 N–H and O–H groups in total. The number of carbonyl (C=O) groups excluding carboxylic acids is 2. The van der Waals surface area contributed by atoms with Crippen LogP contribution in [0.4, 0.5) is 10.5 Å². The van der Waals surface area contributed by atoms with Crippen LogP contribution in [0.2, 0.25) is 0 Å². The highest BCUT2D eigenvalue weighted by Crippen LogP contribution is 2.50. The van der Waals surface area contributed by atoms with Crippen LogP contribution < -0.4 is 5.32 Å². The van der Waals surface area contributed by atoms with Crippen molar-refractivity contribution in [3.8, 4) is 0 Å². The van der Waals surface area contributed by atoms with Crippen LogP contribution in [0.15, 0.2) is 36.4 Å². The van der Waals surface area contributed by atoms with E-state index in [4.69, 9.17) is 0 Å². The molecular formula is C22H31N3O2. The average molecular weight is 370 g/mol. The maximum absolute atomic E-state index is 13.0. The Balaban J connectivity index is 1.72. The Morgan fingerprint density at radius 1 is 1.26 bits per heavy atom. The Hall–Kier alpha value is -2.30. The van der Waals surface area contributed by atoms with Crippen LogP contribution in [-0.4, -0.2) is 40.9 Å². The first-order chi connectivity index (χ1) is 12.9. The number of nitrogens with zero attached hydrogens (tertiary/aromatic N) is 2. The Morgan fingerprint density at radius 2 is 1.93 bits per heavy atom. The first-order valence-electron chi connectivity index (χ1n) is 9.94. The van der Waals surface area contributed by atoms with Crippen molar-refractivity contribution < 1.29 is 9.59 Å². The second-order valence-electron chi connectivity index (χ2n) is 8.18. The Bertz CT molecular complexity index is 733. The average Bonchev–Trinajstić information content (AvgIpc) is 3.09. The molecule has 1 atom stereocenters. The summed E-state index contributed by atoms with van der Waals surface area (Å²) in [6.07, 6.45) is 6.64. The van der Waals surface area contributed by atoms with Crippen LogP contribution in [0.25, 0.3) is 0 Å². The molecule has 1 spiro atoms. The van der Waals surface area contributed by atoms with E-state index in [1.54, 1.807) is 11.8 Å². The van der Waals surface area contributed by atoms with Gasteiger partial charge in [-0.1, -0.05) is 44.2 Å². The highest BCUT2D eigenvalue weighted by molar-refractivity contribution is 5.91. The minimum absolute atomic E-state index is 0.0375. The monoisotopic (exact) mass is 369 g/mol. The molecule has 1 fully saturated rings. The molecule has 1 heterocycles. The summed E-state index contributed by atoms with van der Waals surface area (Å²) < 4.78 is 0. The van der Waals surface area contributed by atoms with Gasteiger partial charge in [0.1, 0.15) is 0 Å². The molecule has 5 heteroatoms. The number of nitrogens with one attached hydrogen (secondary N) is 1. The first-order valence-corrected chi connectivity index (χ1v) is 9.94. The van der Waals surface area contributed by atoms with Crippen molar-refractivity contribution in [2.45, 2.75) is 53.1 Å². The van der Waals surface area contributed by atoms with E-state index >= 15 is 0 Å². The number of amides is 3. The summed E-state index contributed by atoms with van der Waals surface area (Å²) in [7, 11) is 0. The van der Waals surface area contributed by atoms with Crippen LogP contribution >= 0.6 is 0 Å². The molecule has 146 valence electrons. The van der Waals surface area contributed by atoms with Gasteiger partial charge in [-0.3, -0.25) is 4.79 Å². The largest absolute Gasteiger partial charge is 0.339 e. The zero-order valence-electron chi connectivity index (χ0n) is 16.9. The van der Waals surface area contributed by atoms with Gasteiger partial charge in [-0.2, -0.15) is 0 Å². The molecule has 0 aromatic heterocycles. The molecule has 1 aliphatic heterocycles. The van der Waals surface area contributed by atoms with E-state index in [1.165, 1.54) is 0 Å². The van der Waals surface area contributed by atoms with Gasteiger partial charge in [0, 0.05) is 43.7 Å². The molecule has 0 saturated carbocycles. The molecule has 0 radical (unpaired) electrons.